The first-order valence-electron chi connectivity index (χ1n) is 7.01. The Morgan fingerprint density at radius 3 is 2.24 bits per heavy atom. The summed E-state index contributed by atoms with van der Waals surface area (Å²) in [4.78, 5) is 0. The van der Waals surface area contributed by atoms with Crippen molar-refractivity contribution in [3.8, 4) is 5.75 Å². The van der Waals surface area contributed by atoms with E-state index in [-0.39, 0.29) is 11.8 Å². The fourth-order valence-electron chi connectivity index (χ4n) is 2.29. The summed E-state index contributed by atoms with van der Waals surface area (Å²) in [6, 6.07) is 17.1. The molecule has 112 valence electrons. The quantitative estimate of drug-likeness (QED) is 0.826. The van der Waals surface area contributed by atoms with Crippen LogP contribution in [-0.2, 0) is 6.42 Å². The van der Waals surface area contributed by atoms with Crippen LogP contribution in [0, 0.1) is 0 Å². The van der Waals surface area contributed by atoms with Crippen LogP contribution in [-0.4, -0.2) is 13.2 Å². The van der Waals surface area contributed by atoms with Gasteiger partial charge in [0.1, 0.15) is 5.75 Å². The summed E-state index contributed by atoms with van der Waals surface area (Å²) in [5.41, 5.74) is 2.29. The van der Waals surface area contributed by atoms with E-state index in [1.165, 1.54) is 5.56 Å². The number of halogens is 2. The van der Waals surface area contributed by atoms with Crippen LogP contribution in [0.15, 0.2) is 54.6 Å². The van der Waals surface area contributed by atoms with Crippen molar-refractivity contribution < 1.29 is 13.5 Å². The average molecular weight is 291 g/mol. The Balaban J connectivity index is 2.10. The predicted molar refractivity (Wildman–Crippen MR) is 79.6 cm³/mol. The van der Waals surface area contributed by atoms with Gasteiger partial charge in [-0.05, 0) is 36.2 Å². The second kappa shape index (κ2) is 7.74. The molecule has 4 heteroatoms. The number of hydrogen-bond acceptors (Lipinski definition) is 2. The Hall–Kier alpha value is -1.94. The number of hydrogen-bond donors (Lipinski definition) is 1. The molecule has 2 nitrogen and oxygen atoms in total. The molecule has 1 N–H and O–H groups in total. The smallest absolute Gasteiger partial charge is 0.387 e. The van der Waals surface area contributed by atoms with Gasteiger partial charge in [0.2, 0.25) is 0 Å². The highest BCUT2D eigenvalue weighted by molar-refractivity contribution is 5.30. The topological polar surface area (TPSA) is 21.3 Å². The van der Waals surface area contributed by atoms with Crippen LogP contribution >= 0.6 is 0 Å². The number of ether oxygens (including phenoxy) is 1. The van der Waals surface area contributed by atoms with Crippen LogP contribution in [0.25, 0.3) is 0 Å². The Kier molecular flexibility index (Phi) is 5.69. The van der Waals surface area contributed by atoms with Crippen molar-refractivity contribution in [3.05, 3.63) is 65.7 Å². The molecule has 0 saturated carbocycles. The molecule has 0 radical (unpaired) electrons. The summed E-state index contributed by atoms with van der Waals surface area (Å²) in [5.74, 6) is 0.184. The molecule has 0 aliphatic rings. The molecule has 1 atom stereocenters. The Bertz CT molecular complexity index is 528. The van der Waals surface area contributed by atoms with E-state index in [1.54, 1.807) is 12.1 Å². The van der Waals surface area contributed by atoms with Crippen LogP contribution in [0.1, 0.15) is 24.1 Å². The molecule has 0 aromatic heterocycles. The van der Waals surface area contributed by atoms with Crippen molar-refractivity contribution in [2.24, 2.45) is 0 Å². The predicted octanol–water partition coefficient (Wildman–Crippen LogP) is 4.18. The third-order valence-electron chi connectivity index (χ3n) is 3.24. The van der Waals surface area contributed by atoms with E-state index in [1.807, 2.05) is 37.3 Å². The summed E-state index contributed by atoms with van der Waals surface area (Å²) < 4.78 is 28.7. The second-order valence-electron chi connectivity index (χ2n) is 4.75. The lowest BCUT2D eigenvalue weighted by Crippen LogP contribution is -2.22. The van der Waals surface area contributed by atoms with Gasteiger partial charge in [0.25, 0.3) is 0 Å². The Morgan fingerprint density at radius 2 is 1.67 bits per heavy atom. The summed E-state index contributed by atoms with van der Waals surface area (Å²) in [6.07, 6.45) is 0.851. The second-order valence-corrected chi connectivity index (χ2v) is 4.75. The summed E-state index contributed by atoms with van der Waals surface area (Å²) in [6.45, 7) is 0.101. The maximum Gasteiger partial charge on any atom is 0.387 e. The number of rotatable bonds is 7. The lowest BCUT2D eigenvalue weighted by molar-refractivity contribution is -0.0498. The highest BCUT2D eigenvalue weighted by atomic mass is 19.3. The zero-order valence-corrected chi connectivity index (χ0v) is 11.9. The molecule has 2 aromatic carbocycles. The van der Waals surface area contributed by atoms with Gasteiger partial charge in [-0.25, -0.2) is 0 Å². The molecule has 0 aliphatic heterocycles. The van der Waals surface area contributed by atoms with Gasteiger partial charge in [-0.2, -0.15) is 8.78 Å². The van der Waals surface area contributed by atoms with E-state index in [2.05, 4.69) is 22.2 Å². The average Bonchev–Trinajstić information content (AvgIpc) is 2.48. The molecule has 0 saturated heterocycles. The molecule has 2 rings (SSSR count). The minimum atomic E-state index is -2.79. The van der Waals surface area contributed by atoms with E-state index in [0.717, 1.165) is 18.5 Å². The molecule has 2 aromatic rings. The molecular formula is C17H19F2NO. The largest absolute Gasteiger partial charge is 0.435 e. The Morgan fingerprint density at radius 1 is 1.00 bits per heavy atom. The van der Waals surface area contributed by atoms with Gasteiger partial charge >= 0.3 is 6.61 Å². The first-order valence-corrected chi connectivity index (χ1v) is 7.01. The van der Waals surface area contributed by atoms with Crippen LogP contribution in [0.5, 0.6) is 5.75 Å². The monoisotopic (exact) mass is 291 g/mol. The van der Waals surface area contributed by atoms with Gasteiger partial charge in [0.05, 0.1) is 0 Å². The lowest BCUT2D eigenvalue weighted by atomic mass is 9.99. The van der Waals surface area contributed by atoms with Crippen molar-refractivity contribution in [1.29, 1.82) is 0 Å². The van der Waals surface area contributed by atoms with Crippen molar-refractivity contribution in [3.63, 3.8) is 0 Å². The zero-order valence-electron chi connectivity index (χ0n) is 11.9. The van der Waals surface area contributed by atoms with E-state index in [9.17, 15) is 8.78 Å². The van der Waals surface area contributed by atoms with E-state index in [0.29, 0.717) is 0 Å². The normalized spacial score (nSPS) is 12.4. The fraction of sp³-hybridized carbons (Fsp3) is 0.294. The SMILES string of the molecule is CCNC(Cc1ccccc1)c1ccc(OC(F)F)cc1. The number of benzene rings is 2. The van der Waals surface area contributed by atoms with Gasteiger partial charge in [0, 0.05) is 6.04 Å². The van der Waals surface area contributed by atoms with Crippen molar-refractivity contribution in [2.75, 3.05) is 6.54 Å². The first-order chi connectivity index (χ1) is 10.2. The van der Waals surface area contributed by atoms with Gasteiger partial charge in [-0.3, -0.25) is 0 Å². The number of nitrogens with one attached hydrogen (secondary N) is 1. The molecule has 0 heterocycles. The minimum absolute atomic E-state index is 0.151. The third-order valence-corrected chi connectivity index (χ3v) is 3.24. The molecule has 0 aliphatic carbocycles. The molecule has 0 amide bonds. The van der Waals surface area contributed by atoms with Crippen molar-refractivity contribution in [2.45, 2.75) is 26.0 Å². The first kappa shape index (κ1) is 15.4. The molecular weight excluding hydrogens is 272 g/mol. The Labute approximate surface area is 123 Å². The molecule has 21 heavy (non-hydrogen) atoms. The van der Waals surface area contributed by atoms with Crippen LogP contribution in [0.2, 0.25) is 0 Å². The van der Waals surface area contributed by atoms with E-state index < -0.39 is 6.61 Å². The summed E-state index contributed by atoms with van der Waals surface area (Å²) in [5, 5.41) is 3.42. The van der Waals surface area contributed by atoms with Gasteiger partial charge in [0.15, 0.2) is 0 Å². The van der Waals surface area contributed by atoms with E-state index >= 15 is 0 Å². The minimum Gasteiger partial charge on any atom is -0.435 e. The maximum atomic E-state index is 12.2. The van der Waals surface area contributed by atoms with Gasteiger partial charge < -0.3 is 10.1 Å². The number of alkyl halides is 2. The van der Waals surface area contributed by atoms with Crippen LogP contribution in [0.4, 0.5) is 8.78 Å². The lowest BCUT2D eigenvalue weighted by Gasteiger charge is -2.19. The molecule has 0 spiro atoms. The summed E-state index contributed by atoms with van der Waals surface area (Å²) in [7, 11) is 0. The maximum absolute atomic E-state index is 12.2. The summed E-state index contributed by atoms with van der Waals surface area (Å²) >= 11 is 0. The van der Waals surface area contributed by atoms with E-state index in [4.69, 9.17) is 0 Å². The van der Waals surface area contributed by atoms with Gasteiger partial charge in [-0.15, -0.1) is 0 Å². The molecule has 0 bridgehead atoms. The van der Waals surface area contributed by atoms with Crippen molar-refractivity contribution in [1.82, 2.24) is 5.32 Å². The van der Waals surface area contributed by atoms with Crippen LogP contribution in [0.3, 0.4) is 0 Å². The fourth-order valence-corrected chi connectivity index (χ4v) is 2.29. The standard InChI is InChI=1S/C17H19F2NO/c1-2-20-16(12-13-6-4-3-5-7-13)14-8-10-15(11-9-14)21-17(18)19/h3-11,16-17,20H,2,12H2,1H3. The highest BCUT2D eigenvalue weighted by Gasteiger charge is 2.12. The van der Waals surface area contributed by atoms with Gasteiger partial charge in [-0.1, -0.05) is 49.4 Å². The highest BCUT2D eigenvalue weighted by Crippen LogP contribution is 2.22. The van der Waals surface area contributed by atoms with Crippen molar-refractivity contribution >= 4 is 0 Å². The zero-order chi connectivity index (χ0) is 15.1. The third kappa shape index (κ3) is 4.83. The molecule has 0 fully saturated rings. The molecule has 1 unspecified atom stereocenters. The van der Waals surface area contributed by atoms with Crippen LogP contribution < -0.4 is 10.1 Å². The number of likely N-dealkylation sites (N-methyl/N-ethyl adjacent to an activating group) is 1.